The Balaban J connectivity index is 2.33. The minimum Gasteiger partial charge on any atom is -0.618 e. The Hall–Kier alpha value is -2.35. The molecule has 0 N–H and O–H groups in total. The van der Waals surface area contributed by atoms with Gasteiger partial charge in [0.25, 0.3) is 0 Å². The molecule has 0 unspecified atom stereocenters. The molecular weight excluding hydrogens is 234 g/mol. The van der Waals surface area contributed by atoms with Crippen LogP contribution in [0.2, 0.25) is 0 Å². The van der Waals surface area contributed by atoms with Gasteiger partial charge in [-0.1, -0.05) is 36.4 Å². The lowest BCUT2D eigenvalue weighted by atomic mass is 10.0. The largest absolute Gasteiger partial charge is 0.618 e. The summed E-state index contributed by atoms with van der Waals surface area (Å²) in [5.74, 6) is 0. The molecule has 0 radical (unpaired) electrons. The number of aryl methyl sites for hydroxylation is 2. The zero-order valence-corrected chi connectivity index (χ0v) is 11.1. The average Bonchev–Trinajstić information content (AvgIpc) is 2.42. The maximum atomic E-state index is 12.2. The minimum atomic E-state index is 0.708. The standard InChI is InChI=1S/C17H15NO/c1-12-10-17(18(19)11-13(12)2)16-9-5-7-14-6-3-4-8-15(14)16/h3-11H,1-2H3. The molecule has 19 heavy (non-hydrogen) atoms. The molecule has 0 aliphatic heterocycles. The number of rotatable bonds is 1. The third-order valence-electron chi connectivity index (χ3n) is 3.59. The predicted octanol–water partition coefficient (Wildman–Crippen LogP) is 3.76. The normalized spacial score (nSPS) is 10.8. The Morgan fingerprint density at radius 2 is 1.63 bits per heavy atom. The lowest BCUT2D eigenvalue weighted by molar-refractivity contribution is -0.594. The van der Waals surface area contributed by atoms with Crippen LogP contribution in [0.4, 0.5) is 0 Å². The summed E-state index contributed by atoms with van der Waals surface area (Å²) in [6.45, 7) is 3.99. The van der Waals surface area contributed by atoms with Gasteiger partial charge in [0.05, 0.1) is 5.56 Å². The quantitative estimate of drug-likeness (QED) is 0.476. The summed E-state index contributed by atoms with van der Waals surface area (Å²) in [5, 5.41) is 14.4. The summed E-state index contributed by atoms with van der Waals surface area (Å²) < 4.78 is 0.962. The monoisotopic (exact) mass is 249 g/mol. The highest BCUT2D eigenvalue weighted by Crippen LogP contribution is 2.27. The van der Waals surface area contributed by atoms with E-state index in [4.69, 9.17) is 0 Å². The van der Waals surface area contributed by atoms with Crippen molar-refractivity contribution < 1.29 is 4.73 Å². The van der Waals surface area contributed by atoms with Crippen LogP contribution in [0.5, 0.6) is 0 Å². The van der Waals surface area contributed by atoms with Crippen LogP contribution >= 0.6 is 0 Å². The Labute approximate surface area is 112 Å². The minimum absolute atomic E-state index is 0.708. The van der Waals surface area contributed by atoms with E-state index in [0.29, 0.717) is 5.69 Å². The van der Waals surface area contributed by atoms with Crippen molar-refractivity contribution in [2.45, 2.75) is 13.8 Å². The smallest absolute Gasteiger partial charge is 0.224 e. The van der Waals surface area contributed by atoms with Crippen molar-refractivity contribution >= 4 is 10.8 Å². The number of benzene rings is 2. The third-order valence-corrected chi connectivity index (χ3v) is 3.59. The first-order valence-electron chi connectivity index (χ1n) is 6.35. The molecule has 0 spiro atoms. The van der Waals surface area contributed by atoms with Crippen molar-refractivity contribution in [1.29, 1.82) is 0 Å². The molecular formula is C17H15NO. The SMILES string of the molecule is Cc1cc(-c2cccc3ccccc23)[n+]([O-])cc1C. The van der Waals surface area contributed by atoms with Crippen LogP contribution in [0.3, 0.4) is 0 Å². The fourth-order valence-electron chi connectivity index (χ4n) is 2.38. The summed E-state index contributed by atoms with van der Waals surface area (Å²) in [6.07, 6.45) is 1.65. The Morgan fingerprint density at radius 1 is 0.895 bits per heavy atom. The summed E-state index contributed by atoms with van der Waals surface area (Å²) in [5.41, 5.74) is 3.84. The van der Waals surface area contributed by atoms with E-state index in [1.54, 1.807) is 6.20 Å². The van der Waals surface area contributed by atoms with Crippen molar-refractivity contribution in [3.63, 3.8) is 0 Å². The lowest BCUT2D eigenvalue weighted by Crippen LogP contribution is -2.29. The number of nitrogens with zero attached hydrogens (tertiary/aromatic N) is 1. The molecule has 0 saturated carbocycles. The molecule has 0 saturated heterocycles. The van der Waals surface area contributed by atoms with Gasteiger partial charge in [-0.3, -0.25) is 0 Å². The highest BCUT2D eigenvalue weighted by atomic mass is 16.5. The molecule has 1 heterocycles. The summed E-state index contributed by atoms with van der Waals surface area (Å²) >= 11 is 0. The summed E-state index contributed by atoms with van der Waals surface area (Å²) in [4.78, 5) is 0. The van der Waals surface area contributed by atoms with Crippen LogP contribution in [-0.4, -0.2) is 0 Å². The Kier molecular flexibility index (Phi) is 2.71. The number of hydrogen-bond acceptors (Lipinski definition) is 1. The van der Waals surface area contributed by atoms with Gasteiger partial charge in [0.15, 0.2) is 6.20 Å². The van der Waals surface area contributed by atoms with Gasteiger partial charge in [-0.05, 0) is 36.2 Å². The molecule has 3 rings (SSSR count). The van der Waals surface area contributed by atoms with Crippen LogP contribution in [0.1, 0.15) is 11.1 Å². The summed E-state index contributed by atoms with van der Waals surface area (Å²) in [7, 11) is 0. The van der Waals surface area contributed by atoms with Gasteiger partial charge in [-0.15, -0.1) is 0 Å². The van der Waals surface area contributed by atoms with E-state index >= 15 is 0 Å². The molecule has 2 heteroatoms. The topological polar surface area (TPSA) is 26.9 Å². The fourth-order valence-corrected chi connectivity index (χ4v) is 2.38. The molecule has 3 aromatic rings. The molecule has 0 aliphatic carbocycles. The predicted molar refractivity (Wildman–Crippen MR) is 77.8 cm³/mol. The number of fused-ring (bicyclic) bond motifs is 1. The Morgan fingerprint density at radius 3 is 2.47 bits per heavy atom. The zero-order valence-electron chi connectivity index (χ0n) is 11.1. The van der Waals surface area contributed by atoms with Crippen molar-refractivity contribution in [1.82, 2.24) is 0 Å². The molecule has 0 amide bonds. The zero-order chi connectivity index (χ0) is 13.4. The second kappa shape index (κ2) is 4.39. The van der Waals surface area contributed by atoms with Crippen LogP contribution in [0.15, 0.2) is 54.7 Å². The number of pyridine rings is 1. The van der Waals surface area contributed by atoms with Crippen LogP contribution in [0.25, 0.3) is 22.0 Å². The molecule has 0 atom stereocenters. The van der Waals surface area contributed by atoms with Gasteiger partial charge in [0.1, 0.15) is 0 Å². The fraction of sp³-hybridized carbons (Fsp3) is 0.118. The molecule has 1 aromatic heterocycles. The van der Waals surface area contributed by atoms with E-state index in [-0.39, 0.29) is 0 Å². The van der Waals surface area contributed by atoms with Crippen molar-refractivity contribution in [3.05, 3.63) is 71.1 Å². The molecule has 2 aromatic carbocycles. The second-order valence-electron chi connectivity index (χ2n) is 4.88. The van der Waals surface area contributed by atoms with Gasteiger partial charge in [-0.2, -0.15) is 4.73 Å². The van der Waals surface area contributed by atoms with Gasteiger partial charge >= 0.3 is 0 Å². The lowest BCUT2D eigenvalue weighted by Gasteiger charge is -2.09. The number of aromatic nitrogens is 1. The van der Waals surface area contributed by atoms with Gasteiger partial charge in [0.2, 0.25) is 5.69 Å². The second-order valence-corrected chi connectivity index (χ2v) is 4.88. The van der Waals surface area contributed by atoms with E-state index in [9.17, 15) is 5.21 Å². The summed E-state index contributed by atoms with van der Waals surface area (Å²) in [6, 6.07) is 16.2. The van der Waals surface area contributed by atoms with E-state index in [1.165, 1.54) is 0 Å². The Bertz CT molecular complexity index is 757. The maximum absolute atomic E-state index is 12.2. The maximum Gasteiger partial charge on any atom is 0.224 e. The third kappa shape index (κ3) is 1.95. The van der Waals surface area contributed by atoms with Gasteiger partial charge < -0.3 is 5.21 Å². The van der Waals surface area contributed by atoms with Crippen LogP contribution in [-0.2, 0) is 0 Å². The van der Waals surface area contributed by atoms with Crippen molar-refractivity contribution in [2.24, 2.45) is 0 Å². The average molecular weight is 249 g/mol. The van der Waals surface area contributed by atoms with Crippen LogP contribution in [0, 0.1) is 19.1 Å². The van der Waals surface area contributed by atoms with E-state index < -0.39 is 0 Å². The van der Waals surface area contributed by atoms with E-state index in [1.807, 2.05) is 44.2 Å². The molecule has 2 nitrogen and oxygen atoms in total. The van der Waals surface area contributed by atoms with E-state index in [0.717, 1.165) is 32.2 Å². The molecule has 94 valence electrons. The van der Waals surface area contributed by atoms with Crippen molar-refractivity contribution in [3.8, 4) is 11.3 Å². The molecule has 0 aliphatic rings. The first-order valence-corrected chi connectivity index (χ1v) is 6.35. The highest BCUT2D eigenvalue weighted by molar-refractivity contribution is 5.95. The molecule has 0 bridgehead atoms. The van der Waals surface area contributed by atoms with Gasteiger partial charge in [0, 0.05) is 11.6 Å². The molecule has 0 fully saturated rings. The van der Waals surface area contributed by atoms with Crippen LogP contribution < -0.4 is 4.73 Å². The van der Waals surface area contributed by atoms with E-state index in [2.05, 4.69) is 18.2 Å². The highest BCUT2D eigenvalue weighted by Gasteiger charge is 2.13. The number of hydrogen-bond donors (Lipinski definition) is 0. The van der Waals surface area contributed by atoms with Gasteiger partial charge in [-0.25, -0.2) is 0 Å². The van der Waals surface area contributed by atoms with Crippen molar-refractivity contribution in [2.75, 3.05) is 0 Å². The first kappa shape index (κ1) is 11.7. The first-order chi connectivity index (χ1) is 9.16.